The molecule has 2 aromatic carbocycles. The molecule has 0 heterocycles. The van der Waals surface area contributed by atoms with E-state index in [0.717, 1.165) is 13.2 Å². The maximum absolute atomic E-state index is 13.3. The number of carbonyl (C=O) groups excluding carboxylic acids is 2. The first-order valence-corrected chi connectivity index (χ1v) is 7.14. The molecule has 0 saturated heterocycles. The summed E-state index contributed by atoms with van der Waals surface area (Å²) >= 11 is 5.53. The van der Waals surface area contributed by atoms with Crippen molar-refractivity contribution in [2.75, 3.05) is 12.4 Å². The molecule has 0 saturated carbocycles. The van der Waals surface area contributed by atoms with Crippen molar-refractivity contribution in [3.63, 3.8) is 0 Å². The van der Waals surface area contributed by atoms with Gasteiger partial charge >= 0.3 is 12.1 Å². The lowest BCUT2D eigenvalue weighted by molar-refractivity contribution is 0.0601. The third-order valence-electron chi connectivity index (χ3n) is 3.06. The van der Waals surface area contributed by atoms with E-state index >= 15 is 0 Å². The third-order valence-corrected chi connectivity index (χ3v) is 3.36. The number of carbonyl (C=O) groups is 2. The Hall–Kier alpha value is -2.74. The number of halogens is 4. The highest BCUT2D eigenvalue weighted by Crippen LogP contribution is 2.22. The Kier molecular flexibility index (Phi) is 5.87. The maximum atomic E-state index is 13.3. The van der Waals surface area contributed by atoms with Crippen molar-refractivity contribution in [2.24, 2.45) is 0 Å². The van der Waals surface area contributed by atoms with Gasteiger partial charge in [0.25, 0.3) is 0 Å². The molecule has 0 fully saturated rings. The average molecular weight is 374 g/mol. The summed E-state index contributed by atoms with van der Waals surface area (Å²) < 4.78 is 49.2. The quantitative estimate of drug-likeness (QED) is 0.812. The van der Waals surface area contributed by atoms with E-state index in [2.05, 4.69) is 10.1 Å². The highest BCUT2D eigenvalue weighted by molar-refractivity contribution is 6.30. The SMILES string of the molecule is COC(=O)c1cc(F)c(F)cc1NC(=O)OCc1ccc(Cl)c(F)c1. The fourth-order valence-corrected chi connectivity index (χ4v) is 1.97. The summed E-state index contributed by atoms with van der Waals surface area (Å²) in [5.74, 6) is -4.22. The first-order chi connectivity index (χ1) is 11.8. The Morgan fingerprint density at radius 2 is 1.76 bits per heavy atom. The van der Waals surface area contributed by atoms with E-state index in [1.54, 1.807) is 0 Å². The summed E-state index contributed by atoms with van der Waals surface area (Å²) in [7, 11) is 1.04. The van der Waals surface area contributed by atoms with Gasteiger partial charge in [-0.05, 0) is 23.8 Å². The zero-order chi connectivity index (χ0) is 18.6. The molecular formula is C16H11ClF3NO4. The normalized spacial score (nSPS) is 10.3. The van der Waals surface area contributed by atoms with Crippen molar-refractivity contribution in [3.8, 4) is 0 Å². The second-order valence-corrected chi connectivity index (χ2v) is 5.16. The van der Waals surface area contributed by atoms with Crippen LogP contribution in [0.1, 0.15) is 15.9 Å². The van der Waals surface area contributed by atoms with Crippen LogP contribution < -0.4 is 5.32 Å². The molecule has 0 unspecified atom stereocenters. The Morgan fingerprint density at radius 3 is 2.40 bits per heavy atom. The molecule has 2 rings (SSSR count). The number of hydrogen-bond acceptors (Lipinski definition) is 4. The molecule has 0 bridgehead atoms. The van der Waals surface area contributed by atoms with Crippen LogP contribution in [0.2, 0.25) is 5.02 Å². The van der Waals surface area contributed by atoms with Crippen LogP contribution in [-0.2, 0) is 16.1 Å². The van der Waals surface area contributed by atoms with Crippen LogP contribution in [-0.4, -0.2) is 19.2 Å². The lowest BCUT2D eigenvalue weighted by Crippen LogP contribution is -2.17. The van der Waals surface area contributed by atoms with Crippen molar-refractivity contribution >= 4 is 29.4 Å². The van der Waals surface area contributed by atoms with Gasteiger partial charge in [-0.25, -0.2) is 22.8 Å². The van der Waals surface area contributed by atoms with E-state index in [-0.39, 0.29) is 17.3 Å². The first-order valence-electron chi connectivity index (χ1n) is 6.77. The maximum Gasteiger partial charge on any atom is 0.411 e. The summed E-state index contributed by atoms with van der Waals surface area (Å²) in [5.41, 5.74) is -0.413. The number of anilines is 1. The minimum atomic E-state index is -1.28. The Morgan fingerprint density at radius 1 is 1.08 bits per heavy atom. The van der Waals surface area contributed by atoms with Crippen molar-refractivity contribution in [1.82, 2.24) is 0 Å². The zero-order valence-corrected chi connectivity index (χ0v) is 13.5. The summed E-state index contributed by atoms with van der Waals surface area (Å²) in [6, 6.07) is 5.01. The number of rotatable bonds is 4. The molecule has 5 nitrogen and oxygen atoms in total. The summed E-state index contributed by atoms with van der Waals surface area (Å²) in [6.07, 6.45) is -1.06. The van der Waals surface area contributed by atoms with E-state index in [1.165, 1.54) is 12.1 Å². The minimum absolute atomic E-state index is 0.0855. The second-order valence-electron chi connectivity index (χ2n) is 4.75. The molecule has 25 heavy (non-hydrogen) atoms. The predicted octanol–water partition coefficient (Wildman–Crippen LogP) is 4.29. The molecule has 0 aromatic heterocycles. The van der Waals surface area contributed by atoms with Gasteiger partial charge in [0.15, 0.2) is 11.6 Å². The molecule has 9 heteroatoms. The summed E-state index contributed by atoms with van der Waals surface area (Å²) in [4.78, 5) is 23.3. The lowest BCUT2D eigenvalue weighted by atomic mass is 10.1. The Bertz CT molecular complexity index is 829. The first kappa shape index (κ1) is 18.6. The van der Waals surface area contributed by atoms with Crippen LogP contribution in [0.5, 0.6) is 0 Å². The van der Waals surface area contributed by atoms with Gasteiger partial charge in [0.2, 0.25) is 0 Å². The number of amides is 1. The standard InChI is InChI=1S/C16H11ClF3NO4/c1-24-15(22)9-5-12(19)13(20)6-14(9)21-16(23)25-7-8-2-3-10(17)11(18)4-8/h2-6H,7H2,1H3,(H,21,23). The number of methoxy groups -OCH3 is 1. The number of ether oxygens (including phenoxy) is 2. The molecule has 0 atom stereocenters. The van der Waals surface area contributed by atoms with Gasteiger partial charge in [-0.1, -0.05) is 17.7 Å². The van der Waals surface area contributed by atoms with E-state index in [9.17, 15) is 22.8 Å². The van der Waals surface area contributed by atoms with E-state index < -0.39 is 35.1 Å². The molecule has 0 spiro atoms. The Balaban J connectivity index is 2.10. The fraction of sp³-hybridized carbons (Fsp3) is 0.125. The lowest BCUT2D eigenvalue weighted by Gasteiger charge is -2.11. The molecule has 2 aromatic rings. The van der Waals surface area contributed by atoms with Gasteiger partial charge in [-0.15, -0.1) is 0 Å². The van der Waals surface area contributed by atoms with Gasteiger partial charge in [0.05, 0.1) is 23.4 Å². The Labute approximate surface area is 145 Å². The number of nitrogens with one attached hydrogen (secondary N) is 1. The molecule has 0 aliphatic carbocycles. The largest absolute Gasteiger partial charge is 0.465 e. The summed E-state index contributed by atoms with van der Waals surface area (Å²) in [6.45, 7) is -0.308. The molecule has 1 N–H and O–H groups in total. The number of esters is 1. The van der Waals surface area contributed by atoms with Crippen molar-refractivity contribution in [1.29, 1.82) is 0 Å². The third kappa shape index (κ3) is 4.63. The molecule has 0 aliphatic rings. The summed E-state index contributed by atoms with van der Waals surface area (Å²) in [5, 5.41) is 2.02. The van der Waals surface area contributed by atoms with E-state index in [4.69, 9.17) is 16.3 Å². The monoisotopic (exact) mass is 373 g/mol. The minimum Gasteiger partial charge on any atom is -0.465 e. The number of benzene rings is 2. The molecule has 1 amide bonds. The molecule has 132 valence electrons. The topological polar surface area (TPSA) is 64.6 Å². The van der Waals surface area contributed by atoms with Crippen molar-refractivity contribution < 1.29 is 32.2 Å². The predicted molar refractivity (Wildman–Crippen MR) is 82.9 cm³/mol. The van der Waals surface area contributed by atoms with Gasteiger partial charge in [-0.3, -0.25) is 5.32 Å². The van der Waals surface area contributed by atoms with E-state index in [1.807, 2.05) is 0 Å². The molecular weight excluding hydrogens is 363 g/mol. The van der Waals surface area contributed by atoms with Crippen molar-refractivity contribution in [2.45, 2.75) is 6.61 Å². The van der Waals surface area contributed by atoms with Crippen LogP contribution in [0.25, 0.3) is 0 Å². The van der Waals surface area contributed by atoms with Crippen molar-refractivity contribution in [3.05, 3.63) is 63.9 Å². The zero-order valence-electron chi connectivity index (χ0n) is 12.7. The van der Waals surface area contributed by atoms with Gasteiger partial charge in [0, 0.05) is 6.07 Å². The average Bonchev–Trinajstić information content (AvgIpc) is 2.58. The number of hydrogen-bond donors (Lipinski definition) is 1. The van der Waals surface area contributed by atoms with Crippen LogP contribution >= 0.6 is 11.6 Å². The highest BCUT2D eigenvalue weighted by Gasteiger charge is 2.19. The molecule has 0 aliphatic heterocycles. The molecule has 0 radical (unpaired) electrons. The van der Waals surface area contributed by atoms with Crippen LogP contribution in [0, 0.1) is 17.5 Å². The van der Waals surface area contributed by atoms with Gasteiger partial charge < -0.3 is 9.47 Å². The van der Waals surface area contributed by atoms with Gasteiger partial charge in [-0.2, -0.15) is 0 Å². The second kappa shape index (κ2) is 7.89. The van der Waals surface area contributed by atoms with Crippen LogP contribution in [0.3, 0.4) is 0 Å². The van der Waals surface area contributed by atoms with Crippen LogP contribution in [0.15, 0.2) is 30.3 Å². The van der Waals surface area contributed by atoms with Crippen LogP contribution in [0.4, 0.5) is 23.7 Å². The smallest absolute Gasteiger partial charge is 0.411 e. The van der Waals surface area contributed by atoms with Gasteiger partial charge in [0.1, 0.15) is 12.4 Å². The highest BCUT2D eigenvalue weighted by atomic mass is 35.5. The fourth-order valence-electron chi connectivity index (χ4n) is 1.85. The van der Waals surface area contributed by atoms with E-state index in [0.29, 0.717) is 17.7 Å².